The summed E-state index contributed by atoms with van der Waals surface area (Å²) in [5.41, 5.74) is 0.122. The number of hydrogen-bond donors (Lipinski definition) is 0. The standard InChI is InChI=1S/C22H18FNO4/c1-3-27-19-13-9-5-6-10-14(13)20(28-4-2)18-17(19)21(25)24(22(18)26)16-12-8-7-11-15(16)23/h5-12H,3-4H2,1-2H3. The van der Waals surface area contributed by atoms with Gasteiger partial charge in [0.2, 0.25) is 0 Å². The number of carbonyl (C=O) groups is 2. The summed E-state index contributed by atoms with van der Waals surface area (Å²) in [6.07, 6.45) is 0. The van der Waals surface area contributed by atoms with E-state index in [9.17, 15) is 14.0 Å². The number of imide groups is 1. The topological polar surface area (TPSA) is 55.8 Å². The maximum absolute atomic E-state index is 14.4. The van der Waals surface area contributed by atoms with Crippen molar-refractivity contribution in [3.63, 3.8) is 0 Å². The number of amides is 2. The predicted molar refractivity (Wildman–Crippen MR) is 104 cm³/mol. The van der Waals surface area contributed by atoms with E-state index in [0.717, 1.165) is 4.90 Å². The van der Waals surface area contributed by atoms with Gasteiger partial charge in [-0.2, -0.15) is 0 Å². The van der Waals surface area contributed by atoms with Gasteiger partial charge >= 0.3 is 0 Å². The highest BCUT2D eigenvalue weighted by Gasteiger charge is 2.44. The van der Waals surface area contributed by atoms with Crippen LogP contribution < -0.4 is 14.4 Å². The van der Waals surface area contributed by atoms with Gasteiger partial charge in [0.15, 0.2) is 0 Å². The molecule has 0 aromatic heterocycles. The largest absolute Gasteiger partial charge is 0.492 e. The Bertz CT molecular complexity index is 1040. The summed E-state index contributed by atoms with van der Waals surface area (Å²) in [6, 6.07) is 13.0. The maximum atomic E-state index is 14.4. The van der Waals surface area contributed by atoms with Crippen LogP contribution in [0.15, 0.2) is 48.5 Å². The van der Waals surface area contributed by atoms with Gasteiger partial charge < -0.3 is 9.47 Å². The van der Waals surface area contributed by atoms with E-state index in [4.69, 9.17) is 9.47 Å². The van der Waals surface area contributed by atoms with Crippen molar-refractivity contribution in [2.75, 3.05) is 18.1 Å². The zero-order chi connectivity index (χ0) is 19.8. The molecule has 0 unspecified atom stereocenters. The van der Waals surface area contributed by atoms with E-state index in [1.807, 2.05) is 24.3 Å². The first kappa shape index (κ1) is 18.0. The lowest BCUT2D eigenvalue weighted by Gasteiger charge is -2.15. The minimum absolute atomic E-state index is 0.0948. The highest BCUT2D eigenvalue weighted by Crippen LogP contribution is 2.46. The summed E-state index contributed by atoms with van der Waals surface area (Å²) in [6.45, 7) is 4.22. The van der Waals surface area contributed by atoms with Gasteiger partial charge in [-0.3, -0.25) is 9.59 Å². The number of rotatable bonds is 5. The molecule has 5 nitrogen and oxygen atoms in total. The van der Waals surface area contributed by atoms with Crippen molar-refractivity contribution in [3.05, 3.63) is 65.5 Å². The minimum Gasteiger partial charge on any atom is -0.492 e. The van der Waals surface area contributed by atoms with Crippen LogP contribution in [-0.4, -0.2) is 25.0 Å². The zero-order valence-corrected chi connectivity index (χ0v) is 15.5. The zero-order valence-electron chi connectivity index (χ0n) is 15.5. The van der Waals surface area contributed by atoms with Gasteiger partial charge in [0.1, 0.15) is 17.3 Å². The van der Waals surface area contributed by atoms with E-state index >= 15 is 0 Å². The Balaban J connectivity index is 2.06. The molecular weight excluding hydrogens is 361 g/mol. The second-order valence-corrected chi connectivity index (χ2v) is 6.22. The average molecular weight is 379 g/mol. The van der Waals surface area contributed by atoms with Crippen LogP contribution in [0.4, 0.5) is 10.1 Å². The molecule has 0 saturated carbocycles. The molecule has 0 fully saturated rings. The Morgan fingerprint density at radius 2 is 1.25 bits per heavy atom. The molecule has 3 aromatic carbocycles. The molecule has 0 saturated heterocycles. The minimum atomic E-state index is -0.655. The quantitative estimate of drug-likeness (QED) is 0.609. The smallest absolute Gasteiger partial charge is 0.270 e. The Morgan fingerprint density at radius 3 is 1.71 bits per heavy atom. The van der Waals surface area contributed by atoms with Gasteiger partial charge in [-0.15, -0.1) is 0 Å². The summed E-state index contributed by atoms with van der Waals surface area (Å²) < 4.78 is 25.9. The van der Waals surface area contributed by atoms with Crippen molar-refractivity contribution in [3.8, 4) is 11.5 Å². The fraction of sp³-hybridized carbons (Fsp3) is 0.182. The Labute approximate surface area is 161 Å². The fourth-order valence-electron chi connectivity index (χ4n) is 3.54. The molecule has 4 rings (SSSR count). The molecule has 1 aliphatic rings. The van der Waals surface area contributed by atoms with Crippen molar-refractivity contribution < 1.29 is 23.5 Å². The number of benzene rings is 3. The van der Waals surface area contributed by atoms with Crippen LogP contribution in [0.3, 0.4) is 0 Å². The molecule has 3 aromatic rings. The van der Waals surface area contributed by atoms with E-state index in [1.165, 1.54) is 18.2 Å². The number of para-hydroxylation sites is 1. The summed E-state index contributed by atoms with van der Waals surface area (Å²) in [7, 11) is 0. The molecule has 6 heteroatoms. The van der Waals surface area contributed by atoms with Gasteiger partial charge in [0, 0.05) is 10.8 Å². The second-order valence-electron chi connectivity index (χ2n) is 6.22. The monoisotopic (exact) mass is 379 g/mol. The number of anilines is 1. The maximum Gasteiger partial charge on any atom is 0.270 e. The van der Waals surface area contributed by atoms with Crippen molar-refractivity contribution >= 4 is 28.3 Å². The third-order valence-electron chi connectivity index (χ3n) is 4.63. The second kappa shape index (κ2) is 6.96. The first-order valence-corrected chi connectivity index (χ1v) is 9.07. The van der Waals surface area contributed by atoms with E-state index in [1.54, 1.807) is 19.9 Å². The molecule has 28 heavy (non-hydrogen) atoms. The Hall–Kier alpha value is -3.41. The van der Waals surface area contributed by atoms with E-state index in [2.05, 4.69) is 0 Å². The molecule has 2 amide bonds. The van der Waals surface area contributed by atoms with Gasteiger partial charge in [-0.05, 0) is 26.0 Å². The summed E-state index contributed by atoms with van der Waals surface area (Å²) in [5, 5.41) is 1.34. The number of hydrogen-bond acceptors (Lipinski definition) is 4. The van der Waals surface area contributed by atoms with E-state index in [0.29, 0.717) is 35.5 Å². The van der Waals surface area contributed by atoms with Crippen molar-refractivity contribution in [1.82, 2.24) is 0 Å². The normalized spacial score (nSPS) is 13.2. The molecule has 142 valence electrons. The summed E-state index contributed by atoms with van der Waals surface area (Å²) in [5.74, 6) is -1.28. The van der Waals surface area contributed by atoms with Gasteiger partial charge in [-0.1, -0.05) is 36.4 Å². The first-order chi connectivity index (χ1) is 13.6. The highest BCUT2D eigenvalue weighted by molar-refractivity contribution is 6.38. The molecule has 0 atom stereocenters. The molecule has 0 aliphatic carbocycles. The molecular formula is C22H18FNO4. The van der Waals surface area contributed by atoms with Crippen molar-refractivity contribution in [1.29, 1.82) is 0 Å². The van der Waals surface area contributed by atoms with Crippen LogP contribution in [-0.2, 0) is 0 Å². The summed E-state index contributed by atoms with van der Waals surface area (Å²) >= 11 is 0. The number of fused-ring (bicyclic) bond motifs is 2. The van der Waals surface area contributed by atoms with Gasteiger partial charge in [-0.25, -0.2) is 9.29 Å². The van der Waals surface area contributed by atoms with Gasteiger partial charge in [0.05, 0.1) is 30.0 Å². The van der Waals surface area contributed by atoms with Crippen molar-refractivity contribution in [2.45, 2.75) is 13.8 Å². The lowest BCUT2D eigenvalue weighted by molar-refractivity contribution is 0.0923. The molecule has 0 N–H and O–H groups in total. The first-order valence-electron chi connectivity index (χ1n) is 9.07. The number of halogens is 1. The molecule has 0 radical (unpaired) electrons. The average Bonchev–Trinajstić information content (AvgIpc) is 2.95. The molecule has 0 bridgehead atoms. The van der Waals surface area contributed by atoms with E-state index < -0.39 is 17.6 Å². The van der Waals surface area contributed by atoms with Crippen LogP contribution >= 0.6 is 0 Å². The Kier molecular flexibility index (Phi) is 4.47. The molecule has 1 heterocycles. The lowest BCUT2D eigenvalue weighted by atomic mass is 9.99. The third-order valence-corrected chi connectivity index (χ3v) is 4.63. The van der Waals surface area contributed by atoms with Crippen LogP contribution in [0, 0.1) is 5.82 Å². The van der Waals surface area contributed by atoms with Gasteiger partial charge in [0.25, 0.3) is 11.8 Å². The summed E-state index contributed by atoms with van der Waals surface area (Å²) in [4.78, 5) is 27.4. The third kappa shape index (κ3) is 2.52. The lowest BCUT2D eigenvalue weighted by Crippen LogP contribution is -2.30. The fourth-order valence-corrected chi connectivity index (χ4v) is 3.54. The van der Waals surface area contributed by atoms with Crippen LogP contribution in [0.25, 0.3) is 10.8 Å². The van der Waals surface area contributed by atoms with E-state index in [-0.39, 0.29) is 16.8 Å². The number of carbonyl (C=O) groups excluding carboxylic acids is 2. The number of ether oxygens (including phenoxy) is 2. The van der Waals surface area contributed by atoms with Crippen molar-refractivity contribution in [2.24, 2.45) is 0 Å². The van der Waals surface area contributed by atoms with Crippen LogP contribution in [0.2, 0.25) is 0 Å². The molecule has 0 spiro atoms. The molecule has 1 aliphatic heterocycles. The SMILES string of the molecule is CCOc1c2c(c(OCC)c3ccccc13)C(=O)N(c1ccccc1F)C2=O. The Morgan fingerprint density at radius 1 is 0.786 bits per heavy atom. The van der Waals surface area contributed by atoms with Crippen LogP contribution in [0.5, 0.6) is 11.5 Å². The van der Waals surface area contributed by atoms with Crippen LogP contribution in [0.1, 0.15) is 34.6 Å². The predicted octanol–water partition coefficient (Wildman–Crippen LogP) is 4.58. The highest BCUT2D eigenvalue weighted by atomic mass is 19.1. The number of nitrogens with zero attached hydrogens (tertiary/aromatic N) is 1.